The Kier molecular flexibility index (Phi) is 5.23. The van der Waals surface area contributed by atoms with Gasteiger partial charge >= 0.3 is 0 Å². The monoisotopic (exact) mass is 344 g/mol. The van der Waals surface area contributed by atoms with Crippen LogP contribution in [0.15, 0.2) is 11.4 Å². The second kappa shape index (κ2) is 7.55. The summed E-state index contributed by atoms with van der Waals surface area (Å²) in [6.07, 6.45) is 3.15. The molecule has 0 radical (unpaired) electrons. The molecule has 1 aliphatic heterocycles. The van der Waals surface area contributed by atoms with E-state index in [1.54, 1.807) is 11.4 Å². The highest BCUT2D eigenvalue weighted by atomic mass is 32.1. The molecule has 0 saturated carbocycles. The van der Waals surface area contributed by atoms with Gasteiger partial charge in [-0.25, -0.2) is 9.67 Å². The maximum Gasteiger partial charge on any atom is 0.226 e. The van der Waals surface area contributed by atoms with Crippen molar-refractivity contribution in [2.24, 2.45) is 0 Å². The van der Waals surface area contributed by atoms with E-state index in [1.165, 1.54) is 11.3 Å². The standard InChI is InChI=1S/C16H20N6OS/c1-2-13-19-14-4-3-12(10-22(14)21-13)18-7-5-15(23)20-16-11(9-17)6-8-24-16/h6,8,12,18H,2-5,7,10H2,1H3,(H,20,23). The van der Waals surface area contributed by atoms with Gasteiger partial charge in [-0.2, -0.15) is 10.4 Å². The van der Waals surface area contributed by atoms with Crippen molar-refractivity contribution in [3.8, 4) is 6.07 Å². The fraction of sp³-hybridized carbons (Fsp3) is 0.500. The maximum absolute atomic E-state index is 12.0. The normalized spacial score (nSPS) is 16.4. The van der Waals surface area contributed by atoms with Crippen molar-refractivity contribution in [1.29, 1.82) is 5.26 Å². The molecule has 3 heterocycles. The summed E-state index contributed by atoms with van der Waals surface area (Å²) in [5.74, 6) is 1.88. The van der Waals surface area contributed by atoms with Crippen LogP contribution in [-0.2, 0) is 24.2 Å². The van der Waals surface area contributed by atoms with E-state index in [2.05, 4.69) is 33.7 Å². The Morgan fingerprint density at radius 1 is 1.58 bits per heavy atom. The minimum Gasteiger partial charge on any atom is -0.317 e. The van der Waals surface area contributed by atoms with Crippen LogP contribution in [0.3, 0.4) is 0 Å². The van der Waals surface area contributed by atoms with Crippen LogP contribution >= 0.6 is 11.3 Å². The molecule has 3 rings (SSSR count). The average molecular weight is 344 g/mol. The fourth-order valence-electron chi connectivity index (χ4n) is 2.75. The first kappa shape index (κ1) is 16.6. The van der Waals surface area contributed by atoms with Gasteiger partial charge in [-0.05, 0) is 17.9 Å². The number of carbonyl (C=O) groups is 1. The molecule has 2 aromatic rings. The molecule has 1 amide bonds. The van der Waals surface area contributed by atoms with Crippen LogP contribution in [0, 0.1) is 11.3 Å². The Hall–Kier alpha value is -2.24. The first-order chi connectivity index (χ1) is 11.7. The van der Waals surface area contributed by atoms with Gasteiger partial charge in [-0.15, -0.1) is 11.3 Å². The predicted molar refractivity (Wildman–Crippen MR) is 91.8 cm³/mol. The van der Waals surface area contributed by atoms with Crippen LogP contribution in [0.4, 0.5) is 5.00 Å². The third kappa shape index (κ3) is 3.80. The van der Waals surface area contributed by atoms with Crippen LogP contribution in [0.2, 0.25) is 0 Å². The fourth-order valence-corrected chi connectivity index (χ4v) is 3.50. The molecule has 0 bridgehead atoms. The Balaban J connectivity index is 1.44. The zero-order valence-corrected chi connectivity index (χ0v) is 14.4. The largest absolute Gasteiger partial charge is 0.317 e. The molecule has 2 N–H and O–H groups in total. The Labute approximate surface area is 144 Å². The van der Waals surface area contributed by atoms with Gasteiger partial charge in [0.1, 0.15) is 16.9 Å². The first-order valence-corrected chi connectivity index (χ1v) is 9.01. The minimum atomic E-state index is -0.0769. The van der Waals surface area contributed by atoms with E-state index in [9.17, 15) is 4.79 Å². The molecule has 1 unspecified atom stereocenters. The zero-order chi connectivity index (χ0) is 16.9. The van der Waals surface area contributed by atoms with Crippen LogP contribution in [0.5, 0.6) is 0 Å². The number of nitriles is 1. The lowest BCUT2D eigenvalue weighted by Gasteiger charge is -2.23. The summed E-state index contributed by atoms with van der Waals surface area (Å²) in [4.78, 5) is 16.5. The number of nitrogens with zero attached hydrogens (tertiary/aromatic N) is 4. The Morgan fingerprint density at radius 2 is 2.46 bits per heavy atom. The van der Waals surface area contributed by atoms with Crippen LogP contribution in [0.1, 0.15) is 37.0 Å². The topological polar surface area (TPSA) is 95.6 Å². The smallest absolute Gasteiger partial charge is 0.226 e. The Bertz CT molecular complexity index is 759. The molecule has 0 aliphatic carbocycles. The van der Waals surface area contributed by atoms with Crippen molar-refractivity contribution in [2.75, 3.05) is 11.9 Å². The molecule has 2 aromatic heterocycles. The number of amides is 1. The van der Waals surface area contributed by atoms with E-state index >= 15 is 0 Å². The summed E-state index contributed by atoms with van der Waals surface area (Å²) in [5.41, 5.74) is 0.513. The number of hydrogen-bond acceptors (Lipinski definition) is 6. The highest BCUT2D eigenvalue weighted by Gasteiger charge is 2.21. The van der Waals surface area contributed by atoms with Crippen LogP contribution < -0.4 is 10.6 Å². The molecule has 7 nitrogen and oxygen atoms in total. The molecular weight excluding hydrogens is 324 g/mol. The predicted octanol–water partition coefficient (Wildman–Crippen LogP) is 1.71. The Morgan fingerprint density at radius 3 is 3.25 bits per heavy atom. The van der Waals surface area contributed by atoms with Gasteiger partial charge in [-0.1, -0.05) is 6.92 Å². The molecule has 0 saturated heterocycles. The maximum atomic E-state index is 12.0. The van der Waals surface area contributed by atoms with Gasteiger partial charge < -0.3 is 10.6 Å². The number of hydrogen-bond donors (Lipinski definition) is 2. The van der Waals surface area contributed by atoms with Gasteiger partial charge in [0.25, 0.3) is 0 Å². The van der Waals surface area contributed by atoms with Crippen LogP contribution in [-0.4, -0.2) is 33.3 Å². The lowest BCUT2D eigenvalue weighted by atomic mass is 10.1. The molecule has 1 aliphatic rings. The van der Waals surface area contributed by atoms with Gasteiger partial charge in [-0.3, -0.25) is 4.79 Å². The summed E-state index contributed by atoms with van der Waals surface area (Å²) < 4.78 is 1.98. The van der Waals surface area contributed by atoms with Crippen molar-refractivity contribution in [2.45, 2.75) is 45.2 Å². The van der Waals surface area contributed by atoms with E-state index in [1.807, 2.05) is 4.68 Å². The van der Waals surface area contributed by atoms with Gasteiger partial charge in [0.05, 0.1) is 12.1 Å². The number of rotatable bonds is 6. The summed E-state index contributed by atoms with van der Waals surface area (Å²) >= 11 is 1.37. The van der Waals surface area contributed by atoms with Crippen molar-refractivity contribution in [3.05, 3.63) is 28.7 Å². The molecule has 24 heavy (non-hydrogen) atoms. The third-order valence-electron chi connectivity index (χ3n) is 4.04. The van der Waals surface area contributed by atoms with E-state index < -0.39 is 0 Å². The van der Waals surface area contributed by atoms with Gasteiger partial charge in [0, 0.05) is 31.8 Å². The molecule has 0 spiro atoms. The number of thiophene rings is 1. The second-order valence-corrected chi connectivity index (χ2v) is 6.66. The van der Waals surface area contributed by atoms with Gasteiger partial charge in [0.2, 0.25) is 5.91 Å². The molecule has 0 fully saturated rings. The highest BCUT2D eigenvalue weighted by molar-refractivity contribution is 7.14. The van der Waals surface area contributed by atoms with Crippen molar-refractivity contribution < 1.29 is 4.79 Å². The van der Waals surface area contributed by atoms with E-state index in [-0.39, 0.29) is 5.91 Å². The number of nitrogens with one attached hydrogen (secondary N) is 2. The quantitative estimate of drug-likeness (QED) is 0.832. The minimum absolute atomic E-state index is 0.0769. The number of aromatic nitrogens is 3. The number of anilines is 1. The van der Waals surface area contributed by atoms with Crippen molar-refractivity contribution in [3.63, 3.8) is 0 Å². The zero-order valence-electron chi connectivity index (χ0n) is 13.6. The molecule has 126 valence electrons. The van der Waals surface area contributed by atoms with Crippen molar-refractivity contribution >= 4 is 22.2 Å². The number of carbonyl (C=O) groups excluding carboxylic acids is 1. The third-order valence-corrected chi connectivity index (χ3v) is 4.87. The summed E-state index contributed by atoms with van der Waals surface area (Å²) in [6.45, 7) is 3.46. The molecule has 0 aromatic carbocycles. The van der Waals surface area contributed by atoms with Gasteiger partial charge in [0.15, 0.2) is 5.82 Å². The second-order valence-electron chi connectivity index (χ2n) is 5.74. The SMILES string of the molecule is CCc1nc2n(n1)CC(NCCC(=O)Nc1sccc1C#N)CC2. The molecule has 1 atom stereocenters. The average Bonchev–Trinajstić information content (AvgIpc) is 3.20. The summed E-state index contributed by atoms with van der Waals surface area (Å²) in [6, 6.07) is 4.09. The van der Waals surface area contributed by atoms with E-state index in [4.69, 9.17) is 5.26 Å². The number of aryl methyl sites for hydroxylation is 2. The summed E-state index contributed by atoms with van der Waals surface area (Å²) in [7, 11) is 0. The van der Waals surface area contributed by atoms with Crippen LogP contribution in [0.25, 0.3) is 0 Å². The van der Waals surface area contributed by atoms with E-state index in [0.717, 1.165) is 37.5 Å². The number of fused-ring (bicyclic) bond motifs is 1. The molecular formula is C16H20N6OS. The lowest BCUT2D eigenvalue weighted by molar-refractivity contribution is -0.116. The summed E-state index contributed by atoms with van der Waals surface area (Å²) in [5, 5.41) is 22.1. The van der Waals surface area contributed by atoms with E-state index in [0.29, 0.717) is 29.6 Å². The highest BCUT2D eigenvalue weighted by Crippen LogP contribution is 2.22. The first-order valence-electron chi connectivity index (χ1n) is 8.13. The lowest BCUT2D eigenvalue weighted by Crippen LogP contribution is -2.39. The molecule has 8 heteroatoms. The van der Waals surface area contributed by atoms with Crippen molar-refractivity contribution in [1.82, 2.24) is 20.1 Å².